The highest BCUT2D eigenvalue weighted by molar-refractivity contribution is 5.80. The number of guanidine groups is 1. The van der Waals surface area contributed by atoms with Gasteiger partial charge in [0.25, 0.3) is 0 Å². The molecule has 0 aromatic heterocycles. The Morgan fingerprint density at radius 3 is 2.93 bits per heavy atom. The van der Waals surface area contributed by atoms with Crippen molar-refractivity contribution in [2.24, 2.45) is 4.99 Å². The molecular weight excluding hydrogens is 368 g/mol. The first-order valence-electron chi connectivity index (χ1n) is 11.0. The summed E-state index contributed by atoms with van der Waals surface area (Å²) in [7, 11) is 0. The minimum Gasteiger partial charge on any atom is -0.492 e. The van der Waals surface area contributed by atoms with Crippen LogP contribution in [0.3, 0.4) is 0 Å². The van der Waals surface area contributed by atoms with Crippen molar-refractivity contribution >= 4 is 5.96 Å². The van der Waals surface area contributed by atoms with Crippen LogP contribution in [-0.2, 0) is 16.0 Å². The lowest BCUT2D eigenvalue weighted by Gasteiger charge is -2.26. The molecule has 0 saturated carbocycles. The second-order valence-electron chi connectivity index (χ2n) is 8.01. The number of aliphatic imine (C=N–C) groups is 1. The maximum absolute atomic E-state index is 5.97. The third kappa shape index (κ3) is 5.84. The van der Waals surface area contributed by atoms with Crippen molar-refractivity contribution in [3.05, 3.63) is 29.8 Å². The van der Waals surface area contributed by atoms with Gasteiger partial charge >= 0.3 is 0 Å². The number of nitrogens with zero attached hydrogens (tertiary/aromatic N) is 2. The first kappa shape index (κ1) is 20.4. The standard InChI is InChI=1S/C22H34N4O3/c1-2-23-22(25-20-15-19-6-7-21(20)29-19)24-16-17-4-3-5-18(14-17)28-13-10-26-8-11-27-12-9-26/h3-5,14,19-21H,2,6-13,15-16H2,1H3,(H2,23,24,25). The second kappa shape index (κ2) is 10.3. The molecule has 0 spiro atoms. The Balaban J connectivity index is 1.27. The highest BCUT2D eigenvalue weighted by Gasteiger charge is 2.41. The third-order valence-corrected chi connectivity index (χ3v) is 5.87. The van der Waals surface area contributed by atoms with E-state index in [1.165, 1.54) is 6.42 Å². The lowest BCUT2D eigenvalue weighted by atomic mass is 9.96. The fourth-order valence-electron chi connectivity index (χ4n) is 4.31. The number of morpholine rings is 1. The fraction of sp³-hybridized carbons (Fsp3) is 0.682. The Labute approximate surface area is 173 Å². The van der Waals surface area contributed by atoms with Crippen LogP contribution in [0.4, 0.5) is 0 Å². The van der Waals surface area contributed by atoms with Crippen LogP contribution in [0, 0.1) is 0 Å². The van der Waals surface area contributed by atoms with E-state index in [2.05, 4.69) is 34.6 Å². The van der Waals surface area contributed by atoms with Crippen LogP contribution in [0.25, 0.3) is 0 Å². The van der Waals surface area contributed by atoms with Gasteiger partial charge in [-0.3, -0.25) is 4.90 Å². The summed E-state index contributed by atoms with van der Waals surface area (Å²) in [5.74, 6) is 1.78. The van der Waals surface area contributed by atoms with Crippen LogP contribution in [0.5, 0.6) is 5.75 Å². The average Bonchev–Trinajstić information content (AvgIpc) is 3.37. The molecule has 3 aliphatic rings. The zero-order chi connectivity index (χ0) is 19.9. The average molecular weight is 403 g/mol. The van der Waals surface area contributed by atoms with Gasteiger partial charge in [-0.25, -0.2) is 4.99 Å². The topological polar surface area (TPSA) is 67.4 Å². The Morgan fingerprint density at radius 1 is 1.28 bits per heavy atom. The predicted octanol–water partition coefficient (Wildman–Crippen LogP) is 1.77. The SMILES string of the molecule is CCNC(=NCc1cccc(OCCN2CCOCC2)c1)NC1CC2CCC1O2. The van der Waals surface area contributed by atoms with Gasteiger partial charge in [-0.15, -0.1) is 0 Å². The Kier molecular flexibility index (Phi) is 7.24. The molecule has 0 radical (unpaired) electrons. The molecule has 7 heteroatoms. The molecular formula is C22H34N4O3. The minimum atomic E-state index is 0.340. The largest absolute Gasteiger partial charge is 0.492 e. The third-order valence-electron chi connectivity index (χ3n) is 5.87. The molecule has 1 aromatic rings. The van der Waals surface area contributed by atoms with Gasteiger partial charge in [0.15, 0.2) is 5.96 Å². The highest BCUT2D eigenvalue weighted by atomic mass is 16.5. The van der Waals surface area contributed by atoms with Crippen molar-refractivity contribution in [1.29, 1.82) is 0 Å². The molecule has 2 N–H and O–H groups in total. The van der Waals surface area contributed by atoms with Crippen molar-refractivity contribution < 1.29 is 14.2 Å². The van der Waals surface area contributed by atoms with Crippen molar-refractivity contribution in [1.82, 2.24) is 15.5 Å². The van der Waals surface area contributed by atoms with Gasteiger partial charge in [0.2, 0.25) is 0 Å². The molecule has 4 rings (SSSR count). The Hall–Kier alpha value is -1.83. The van der Waals surface area contributed by atoms with Crippen molar-refractivity contribution in [2.75, 3.05) is 46.0 Å². The van der Waals surface area contributed by atoms with Gasteiger partial charge < -0.3 is 24.8 Å². The van der Waals surface area contributed by atoms with E-state index < -0.39 is 0 Å². The zero-order valence-electron chi connectivity index (χ0n) is 17.4. The summed E-state index contributed by atoms with van der Waals surface area (Å²) in [5.41, 5.74) is 1.15. The lowest BCUT2D eigenvalue weighted by Crippen LogP contribution is -2.47. The van der Waals surface area contributed by atoms with Gasteiger partial charge in [-0.1, -0.05) is 12.1 Å². The second-order valence-corrected chi connectivity index (χ2v) is 8.01. The number of rotatable bonds is 8. The van der Waals surface area contributed by atoms with Crippen LogP contribution < -0.4 is 15.4 Å². The Bertz CT molecular complexity index is 678. The van der Waals surface area contributed by atoms with Crippen LogP contribution in [0.2, 0.25) is 0 Å². The summed E-state index contributed by atoms with van der Waals surface area (Å²) < 4.78 is 17.3. The first-order valence-corrected chi connectivity index (χ1v) is 11.0. The van der Waals surface area contributed by atoms with Crippen LogP contribution in [-0.4, -0.2) is 75.1 Å². The quantitative estimate of drug-likeness (QED) is 0.510. The molecule has 7 nitrogen and oxygen atoms in total. The van der Waals surface area contributed by atoms with Crippen LogP contribution in [0.1, 0.15) is 31.7 Å². The normalized spacial score (nSPS) is 27.2. The monoisotopic (exact) mass is 402 g/mol. The van der Waals surface area contributed by atoms with Crippen molar-refractivity contribution in [3.63, 3.8) is 0 Å². The van der Waals surface area contributed by atoms with Crippen molar-refractivity contribution in [2.45, 2.75) is 51.0 Å². The van der Waals surface area contributed by atoms with Gasteiger partial charge in [-0.05, 0) is 43.9 Å². The molecule has 3 heterocycles. The molecule has 29 heavy (non-hydrogen) atoms. The number of benzene rings is 1. The van der Waals surface area contributed by atoms with E-state index in [0.717, 1.165) is 69.5 Å². The summed E-state index contributed by atoms with van der Waals surface area (Å²) in [6, 6.07) is 8.62. The van der Waals surface area contributed by atoms with Crippen LogP contribution in [0.15, 0.2) is 29.3 Å². The highest BCUT2D eigenvalue weighted by Crippen LogP contribution is 2.34. The molecule has 3 fully saturated rings. The molecule has 160 valence electrons. The molecule has 0 amide bonds. The van der Waals surface area contributed by atoms with E-state index in [1.807, 2.05) is 12.1 Å². The molecule has 3 unspecified atom stereocenters. The van der Waals surface area contributed by atoms with Gasteiger partial charge in [-0.2, -0.15) is 0 Å². The number of hydrogen-bond acceptors (Lipinski definition) is 5. The van der Waals surface area contributed by atoms with Crippen molar-refractivity contribution in [3.8, 4) is 5.75 Å². The predicted molar refractivity (Wildman–Crippen MR) is 113 cm³/mol. The molecule has 3 atom stereocenters. The van der Waals surface area contributed by atoms with Crippen LogP contribution >= 0.6 is 0 Å². The minimum absolute atomic E-state index is 0.340. The number of fused-ring (bicyclic) bond motifs is 2. The zero-order valence-corrected chi connectivity index (χ0v) is 17.4. The van der Waals surface area contributed by atoms with Gasteiger partial charge in [0, 0.05) is 26.2 Å². The lowest BCUT2D eigenvalue weighted by molar-refractivity contribution is 0.0322. The van der Waals surface area contributed by atoms with E-state index in [9.17, 15) is 0 Å². The van der Waals surface area contributed by atoms with E-state index in [0.29, 0.717) is 31.4 Å². The molecule has 3 aliphatic heterocycles. The molecule has 1 aromatic carbocycles. The Morgan fingerprint density at radius 2 is 2.17 bits per heavy atom. The number of nitrogens with one attached hydrogen (secondary N) is 2. The fourth-order valence-corrected chi connectivity index (χ4v) is 4.31. The smallest absolute Gasteiger partial charge is 0.191 e. The maximum Gasteiger partial charge on any atom is 0.191 e. The van der Waals surface area contributed by atoms with E-state index in [-0.39, 0.29) is 0 Å². The summed E-state index contributed by atoms with van der Waals surface area (Å²) in [6.07, 6.45) is 4.22. The first-order chi connectivity index (χ1) is 14.3. The molecule has 3 saturated heterocycles. The number of hydrogen-bond donors (Lipinski definition) is 2. The maximum atomic E-state index is 5.97. The summed E-state index contributed by atoms with van der Waals surface area (Å²) in [5, 5.41) is 6.93. The summed E-state index contributed by atoms with van der Waals surface area (Å²) in [6.45, 7) is 8.83. The molecule has 2 bridgehead atoms. The van der Waals surface area contributed by atoms with E-state index >= 15 is 0 Å². The van der Waals surface area contributed by atoms with Gasteiger partial charge in [0.05, 0.1) is 38.0 Å². The summed E-state index contributed by atoms with van der Waals surface area (Å²) >= 11 is 0. The van der Waals surface area contributed by atoms with Gasteiger partial charge in [0.1, 0.15) is 12.4 Å². The van der Waals surface area contributed by atoms with E-state index in [4.69, 9.17) is 19.2 Å². The summed E-state index contributed by atoms with van der Waals surface area (Å²) in [4.78, 5) is 7.17. The number of ether oxygens (including phenoxy) is 3. The molecule has 0 aliphatic carbocycles. The van der Waals surface area contributed by atoms with E-state index in [1.54, 1.807) is 0 Å².